The van der Waals surface area contributed by atoms with E-state index in [2.05, 4.69) is 56.1 Å². The number of nitrogens with zero attached hydrogens (tertiary/aromatic N) is 3. The van der Waals surface area contributed by atoms with E-state index in [0.29, 0.717) is 11.6 Å². The molecule has 0 radical (unpaired) electrons. The maximum absolute atomic E-state index is 14.2. The fraction of sp³-hybridized carbons (Fsp3) is 0.429. The summed E-state index contributed by atoms with van der Waals surface area (Å²) in [4.78, 5) is 34.0. The van der Waals surface area contributed by atoms with Crippen LogP contribution in [0, 0.1) is 0 Å². The molecule has 3 aromatic carbocycles. The van der Waals surface area contributed by atoms with Gasteiger partial charge in [-0.3, -0.25) is 14.6 Å². The van der Waals surface area contributed by atoms with Crippen molar-refractivity contribution in [2.24, 2.45) is 0 Å². The molecule has 222 valence electrons. The van der Waals surface area contributed by atoms with Crippen LogP contribution in [0.2, 0.25) is 5.02 Å². The van der Waals surface area contributed by atoms with Crippen LogP contribution < -0.4 is 10.2 Å². The minimum absolute atomic E-state index is 0.0765. The van der Waals surface area contributed by atoms with Crippen molar-refractivity contribution in [1.82, 2.24) is 9.80 Å². The molecule has 3 aromatic rings. The minimum Gasteiger partial charge on any atom is -0.324 e. The number of anilines is 2. The van der Waals surface area contributed by atoms with Gasteiger partial charge in [0, 0.05) is 29.4 Å². The third-order valence-electron chi connectivity index (χ3n) is 8.30. The van der Waals surface area contributed by atoms with Crippen LogP contribution >= 0.6 is 11.6 Å². The van der Waals surface area contributed by atoms with Gasteiger partial charge in [-0.15, -0.1) is 0 Å². The Morgan fingerprint density at radius 3 is 2.43 bits per heavy atom. The monoisotopic (exact) mass is 586 g/mol. The number of benzene rings is 3. The highest BCUT2D eigenvalue weighted by atomic mass is 35.5. The van der Waals surface area contributed by atoms with Crippen molar-refractivity contribution in [2.75, 3.05) is 36.4 Å². The molecule has 0 bridgehead atoms. The van der Waals surface area contributed by atoms with Crippen LogP contribution in [0.15, 0.2) is 66.7 Å². The van der Waals surface area contributed by atoms with E-state index in [1.165, 1.54) is 18.4 Å². The number of halogens is 1. The number of hydrogen-bond acceptors (Lipinski definition) is 3. The summed E-state index contributed by atoms with van der Waals surface area (Å²) in [5, 5.41) is 3.82. The zero-order valence-corrected chi connectivity index (χ0v) is 26.1. The number of fused-ring (bicyclic) bond motifs is 1. The number of likely N-dealkylation sites (tertiary alicyclic amines) is 1. The van der Waals surface area contributed by atoms with Crippen molar-refractivity contribution in [3.63, 3.8) is 0 Å². The minimum atomic E-state index is -0.431. The number of hydrogen-bond donors (Lipinski definition) is 1. The number of carbonyl (C=O) groups excluding carboxylic acids is 2. The van der Waals surface area contributed by atoms with Crippen LogP contribution in [0.3, 0.4) is 0 Å². The van der Waals surface area contributed by atoms with Gasteiger partial charge in [0.15, 0.2) is 0 Å². The average molecular weight is 587 g/mol. The first-order chi connectivity index (χ1) is 20.2. The van der Waals surface area contributed by atoms with E-state index in [1.54, 1.807) is 9.80 Å². The maximum atomic E-state index is 14.2. The van der Waals surface area contributed by atoms with Gasteiger partial charge in [0.2, 0.25) is 5.91 Å². The Morgan fingerprint density at radius 2 is 1.74 bits per heavy atom. The van der Waals surface area contributed by atoms with E-state index < -0.39 is 6.04 Å². The highest BCUT2D eigenvalue weighted by molar-refractivity contribution is 6.30. The zero-order chi connectivity index (χ0) is 29.9. The van der Waals surface area contributed by atoms with Crippen LogP contribution in [0.25, 0.3) is 0 Å². The van der Waals surface area contributed by atoms with Gasteiger partial charge >= 0.3 is 6.03 Å². The second kappa shape index (κ2) is 12.9. The normalized spacial score (nSPS) is 17.5. The number of nitrogens with one attached hydrogen (secondary N) is 1. The van der Waals surface area contributed by atoms with Crippen LogP contribution in [-0.2, 0) is 16.8 Å². The first kappa shape index (κ1) is 30.1. The highest BCUT2D eigenvalue weighted by Crippen LogP contribution is 2.42. The average Bonchev–Trinajstić information content (AvgIpc) is 3.46. The van der Waals surface area contributed by atoms with E-state index in [0.717, 1.165) is 60.5 Å². The van der Waals surface area contributed by atoms with E-state index in [4.69, 9.17) is 11.6 Å². The van der Waals surface area contributed by atoms with Crippen LogP contribution in [0.1, 0.15) is 81.7 Å². The third kappa shape index (κ3) is 6.66. The molecule has 3 amide bonds. The summed E-state index contributed by atoms with van der Waals surface area (Å²) in [6.45, 7) is 12.2. The summed E-state index contributed by atoms with van der Waals surface area (Å²) >= 11 is 6.51. The van der Waals surface area contributed by atoms with Gasteiger partial charge in [0.25, 0.3) is 0 Å². The quantitative estimate of drug-likeness (QED) is 0.276. The molecule has 1 saturated heterocycles. The molecule has 2 heterocycles. The molecule has 0 aliphatic carbocycles. The molecule has 2 aliphatic heterocycles. The molecule has 7 heteroatoms. The molecule has 0 saturated carbocycles. The van der Waals surface area contributed by atoms with Crippen LogP contribution in [-0.4, -0.2) is 47.9 Å². The van der Waals surface area contributed by atoms with E-state index in [1.807, 2.05) is 48.5 Å². The molecular formula is C35H43ClN4O2. The SMILES string of the molecule is CCCCN1C(=O)N(CC(=O)Nc2cc(CN3CCCC3)ccc2C(C)(C)C)C(c2ccccc2)c2cc(Cl)ccc21. The lowest BCUT2D eigenvalue weighted by atomic mass is 9.85. The summed E-state index contributed by atoms with van der Waals surface area (Å²) in [6.07, 6.45) is 4.29. The lowest BCUT2D eigenvalue weighted by Gasteiger charge is -2.43. The molecule has 1 unspecified atom stereocenters. The number of unbranched alkanes of at least 4 members (excludes halogenated alkanes) is 1. The smallest absolute Gasteiger partial charge is 0.324 e. The van der Waals surface area contributed by atoms with E-state index in [9.17, 15) is 9.59 Å². The first-order valence-corrected chi connectivity index (χ1v) is 15.6. The Labute approximate surface area is 255 Å². The van der Waals surface area contributed by atoms with Gasteiger partial charge in [-0.05, 0) is 78.7 Å². The second-order valence-corrected chi connectivity index (χ2v) is 13.0. The Hall–Kier alpha value is -3.35. The molecule has 1 N–H and O–H groups in total. The molecule has 0 spiro atoms. The van der Waals surface area contributed by atoms with Crippen molar-refractivity contribution < 1.29 is 9.59 Å². The van der Waals surface area contributed by atoms with Gasteiger partial charge in [-0.2, -0.15) is 0 Å². The molecule has 2 aliphatic rings. The largest absolute Gasteiger partial charge is 0.325 e. The summed E-state index contributed by atoms with van der Waals surface area (Å²) in [5.41, 5.74) is 5.65. The van der Waals surface area contributed by atoms with Gasteiger partial charge in [-0.25, -0.2) is 4.79 Å². The van der Waals surface area contributed by atoms with Gasteiger partial charge in [-0.1, -0.05) is 88.2 Å². The van der Waals surface area contributed by atoms with Crippen molar-refractivity contribution in [3.8, 4) is 0 Å². The Balaban J connectivity index is 1.48. The predicted molar refractivity (Wildman–Crippen MR) is 172 cm³/mol. The maximum Gasteiger partial charge on any atom is 0.325 e. The van der Waals surface area contributed by atoms with Crippen molar-refractivity contribution >= 4 is 34.9 Å². The topological polar surface area (TPSA) is 55.9 Å². The third-order valence-corrected chi connectivity index (χ3v) is 8.53. The lowest BCUT2D eigenvalue weighted by Crippen LogP contribution is -2.52. The summed E-state index contributed by atoms with van der Waals surface area (Å²) in [5.74, 6) is -0.214. The lowest BCUT2D eigenvalue weighted by molar-refractivity contribution is -0.117. The Bertz CT molecular complexity index is 1410. The van der Waals surface area contributed by atoms with Crippen LogP contribution in [0.5, 0.6) is 0 Å². The van der Waals surface area contributed by atoms with E-state index in [-0.39, 0.29) is 23.9 Å². The van der Waals surface area contributed by atoms with Gasteiger partial charge in [0.05, 0.1) is 11.7 Å². The Morgan fingerprint density at radius 1 is 1.00 bits per heavy atom. The van der Waals surface area contributed by atoms with Crippen molar-refractivity contribution in [1.29, 1.82) is 0 Å². The molecular weight excluding hydrogens is 544 g/mol. The van der Waals surface area contributed by atoms with Crippen molar-refractivity contribution in [3.05, 3.63) is 94.0 Å². The second-order valence-electron chi connectivity index (χ2n) is 12.6. The predicted octanol–water partition coefficient (Wildman–Crippen LogP) is 8.00. The van der Waals surface area contributed by atoms with Gasteiger partial charge in [0.1, 0.15) is 6.54 Å². The molecule has 1 fully saturated rings. The number of rotatable bonds is 9. The number of amides is 3. The molecule has 1 atom stereocenters. The fourth-order valence-corrected chi connectivity index (χ4v) is 6.38. The zero-order valence-electron chi connectivity index (χ0n) is 25.3. The summed E-state index contributed by atoms with van der Waals surface area (Å²) in [7, 11) is 0. The number of urea groups is 1. The highest BCUT2D eigenvalue weighted by Gasteiger charge is 2.39. The molecule has 6 nitrogen and oxygen atoms in total. The van der Waals surface area contributed by atoms with E-state index >= 15 is 0 Å². The van der Waals surface area contributed by atoms with Crippen LogP contribution in [0.4, 0.5) is 16.2 Å². The van der Waals surface area contributed by atoms with Gasteiger partial charge < -0.3 is 10.2 Å². The first-order valence-electron chi connectivity index (χ1n) is 15.2. The Kier molecular flexibility index (Phi) is 9.24. The summed E-state index contributed by atoms with van der Waals surface area (Å²) in [6, 6.07) is 21.5. The number of carbonyl (C=O) groups is 2. The standard InChI is InChI=1S/C35H43ClN4O2/c1-5-6-20-39-31-17-15-27(36)22-28(31)33(26-12-8-7-9-13-26)40(34(39)42)24-32(41)37-30-21-25(23-38-18-10-11-19-38)14-16-29(30)35(2,3)4/h7-9,12-17,21-22,33H,5-6,10-11,18-20,23-24H2,1-4H3,(H,37,41). The van der Waals surface area contributed by atoms with Crippen molar-refractivity contribution in [2.45, 2.75) is 71.4 Å². The molecule has 5 rings (SSSR count). The summed E-state index contributed by atoms with van der Waals surface area (Å²) < 4.78 is 0. The molecule has 0 aromatic heterocycles. The fourth-order valence-electron chi connectivity index (χ4n) is 6.20. The molecule has 42 heavy (non-hydrogen) atoms.